The molecule has 1 aliphatic carbocycles. The lowest BCUT2D eigenvalue weighted by molar-refractivity contribution is -0.148. The maximum atomic E-state index is 13.6. The van der Waals surface area contributed by atoms with Crippen molar-refractivity contribution in [1.82, 2.24) is 20.9 Å². The van der Waals surface area contributed by atoms with Gasteiger partial charge in [0, 0.05) is 13.1 Å². The molecule has 1 saturated heterocycles. The number of esters is 1. The van der Waals surface area contributed by atoms with Crippen molar-refractivity contribution in [3.05, 3.63) is 0 Å². The molecule has 2 fully saturated rings. The zero-order valence-corrected chi connectivity index (χ0v) is 22.0. The number of unbranched alkanes of at least 4 members (excludes halogenated alkanes) is 1. The summed E-state index contributed by atoms with van der Waals surface area (Å²) < 4.78 is 10.0. The van der Waals surface area contributed by atoms with Crippen molar-refractivity contribution in [2.45, 2.75) is 89.8 Å². The first-order valence-corrected chi connectivity index (χ1v) is 13.0. The number of nitrogens with zero attached hydrogens (tertiary/aromatic N) is 1. The third-order valence-electron chi connectivity index (χ3n) is 6.89. The van der Waals surface area contributed by atoms with Crippen LogP contribution in [0, 0.1) is 5.92 Å². The van der Waals surface area contributed by atoms with Gasteiger partial charge in [-0.15, -0.1) is 0 Å². The average molecular weight is 511 g/mol. The molecule has 1 heterocycles. The fraction of sp³-hybridized carbons (Fsp3) is 0.800. The van der Waals surface area contributed by atoms with Crippen LogP contribution in [0.5, 0.6) is 0 Å². The molecule has 0 aromatic rings. The standard InChI is InChI=1S/C25H42N4O7/c1-5-6-10-18(20(30)21(31)27-19(17(2)3)22(32)35-4)26-23(33)25(11-8-7-9-12-25)28-24(34)29-13-15-36-16-14-29/h17-19H,5-16H2,1-4H3,(H,26,33)(H,27,31)(H,28,34). The van der Waals surface area contributed by atoms with Gasteiger partial charge in [-0.2, -0.15) is 0 Å². The molecule has 2 rings (SSSR count). The Bertz CT molecular complexity index is 789. The summed E-state index contributed by atoms with van der Waals surface area (Å²) in [4.78, 5) is 66.1. The number of urea groups is 1. The molecule has 2 aliphatic rings. The monoisotopic (exact) mass is 510 g/mol. The van der Waals surface area contributed by atoms with Crippen LogP contribution in [-0.4, -0.2) is 85.5 Å². The van der Waals surface area contributed by atoms with E-state index in [4.69, 9.17) is 9.47 Å². The molecule has 1 aliphatic heterocycles. The number of amides is 4. The molecule has 0 aromatic heterocycles. The highest BCUT2D eigenvalue weighted by Gasteiger charge is 2.43. The Morgan fingerprint density at radius 3 is 2.19 bits per heavy atom. The summed E-state index contributed by atoms with van der Waals surface area (Å²) in [5.74, 6) is -3.17. The lowest BCUT2D eigenvalue weighted by Crippen LogP contribution is -2.65. The number of morpholine rings is 1. The Morgan fingerprint density at radius 2 is 1.64 bits per heavy atom. The van der Waals surface area contributed by atoms with Crippen LogP contribution in [0.4, 0.5) is 4.79 Å². The number of ketones is 1. The number of methoxy groups -OCH3 is 1. The van der Waals surface area contributed by atoms with Crippen LogP contribution in [0.1, 0.15) is 72.1 Å². The Balaban J connectivity index is 2.17. The van der Waals surface area contributed by atoms with Crippen molar-refractivity contribution < 1.29 is 33.4 Å². The molecule has 2 atom stereocenters. The molecular formula is C25H42N4O7. The van der Waals surface area contributed by atoms with Crippen molar-refractivity contribution >= 4 is 29.6 Å². The van der Waals surface area contributed by atoms with E-state index in [9.17, 15) is 24.0 Å². The molecule has 1 saturated carbocycles. The van der Waals surface area contributed by atoms with Crippen LogP contribution in [0.25, 0.3) is 0 Å². The van der Waals surface area contributed by atoms with Crippen LogP contribution < -0.4 is 16.0 Å². The summed E-state index contributed by atoms with van der Waals surface area (Å²) in [6.45, 7) is 7.17. The van der Waals surface area contributed by atoms with Gasteiger partial charge in [-0.3, -0.25) is 14.4 Å². The third-order valence-corrected chi connectivity index (χ3v) is 6.89. The van der Waals surface area contributed by atoms with E-state index in [0.29, 0.717) is 45.6 Å². The smallest absolute Gasteiger partial charge is 0.328 e. The second-order valence-corrected chi connectivity index (χ2v) is 9.92. The Hall–Kier alpha value is -2.69. The SMILES string of the molecule is CCCCC(NC(=O)C1(NC(=O)N2CCOCC2)CCCCC1)C(=O)C(=O)NC(C(=O)OC)C(C)C. The number of rotatable bonds is 11. The zero-order valence-electron chi connectivity index (χ0n) is 22.0. The highest BCUT2D eigenvalue weighted by molar-refractivity contribution is 6.38. The quantitative estimate of drug-likeness (QED) is 0.281. The van der Waals surface area contributed by atoms with Gasteiger partial charge in [0.1, 0.15) is 11.6 Å². The van der Waals surface area contributed by atoms with Gasteiger partial charge in [-0.1, -0.05) is 52.9 Å². The van der Waals surface area contributed by atoms with E-state index in [-0.39, 0.29) is 18.4 Å². The summed E-state index contributed by atoms with van der Waals surface area (Å²) in [5.41, 5.74) is -1.15. The third kappa shape index (κ3) is 7.91. The van der Waals surface area contributed by atoms with E-state index < -0.39 is 41.2 Å². The summed E-state index contributed by atoms with van der Waals surface area (Å²) in [7, 11) is 1.21. The average Bonchev–Trinajstić information content (AvgIpc) is 2.89. The summed E-state index contributed by atoms with van der Waals surface area (Å²) in [6, 6.07) is -2.38. The molecular weight excluding hydrogens is 468 g/mol. The van der Waals surface area contributed by atoms with E-state index >= 15 is 0 Å². The molecule has 0 radical (unpaired) electrons. The van der Waals surface area contributed by atoms with Gasteiger partial charge in [0.2, 0.25) is 11.7 Å². The highest BCUT2D eigenvalue weighted by Crippen LogP contribution is 2.29. The molecule has 11 heteroatoms. The summed E-state index contributed by atoms with van der Waals surface area (Å²) >= 11 is 0. The number of Topliss-reactive ketones (excluding diaryl/α,β-unsaturated/α-hetero) is 1. The lowest BCUT2D eigenvalue weighted by Gasteiger charge is -2.39. The fourth-order valence-corrected chi connectivity index (χ4v) is 4.58. The molecule has 36 heavy (non-hydrogen) atoms. The van der Waals surface area contributed by atoms with E-state index in [1.807, 2.05) is 6.92 Å². The van der Waals surface area contributed by atoms with Crippen LogP contribution in [0.3, 0.4) is 0 Å². The first kappa shape index (κ1) is 29.5. The van der Waals surface area contributed by atoms with Crippen LogP contribution in [0.15, 0.2) is 0 Å². The number of ether oxygens (including phenoxy) is 2. The normalized spacial score (nSPS) is 19.1. The van der Waals surface area contributed by atoms with E-state index in [2.05, 4.69) is 16.0 Å². The van der Waals surface area contributed by atoms with Crippen LogP contribution >= 0.6 is 0 Å². The molecule has 0 aromatic carbocycles. The number of hydrogen-bond donors (Lipinski definition) is 3. The predicted octanol–water partition coefficient (Wildman–Crippen LogP) is 1.29. The lowest BCUT2D eigenvalue weighted by atomic mass is 9.80. The first-order chi connectivity index (χ1) is 17.1. The van der Waals surface area contributed by atoms with Gasteiger partial charge in [0.05, 0.1) is 26.4 Å². The van der Waals surface area contributed by atoms with Crippen LogP contribution in [-0.2, 0) is 28.7 Å². The Kier molecular flexibility index (Phi) is 11.6. The zero-order chi connectivity index (χ0) is 26.7. The molecule has 4 amide bonds. The molecule has 0 spiro atoms. The summed E-state index contributed by atoms with van der Waals surface area (Å²) in [5, 5.41) is 8.18. The van der Waals surface area contributed by atoms with Gasteiger partial charge < -0.3 is 30.3 Å². The van der Waals surface area contributed by atoms with Gasteiger partial charge in [0.25, 0.3) is 5.91 Å². The van der Waals surface area contributed by atoms with E-state index in [1.54, 1.807) is 18.7 Å². The first-order valence-electron chi connectivity index (χ1n) is 13.0. The van der Waals surface area contributed by atoms with Crippen molar-refractivity contribution in [2.24, 2.45) is 5.92 Å². The molecule has 3 N–H and O–H groups in total. The minimum Gasteiger partial charge on any atom is -0.467 e. The van der Waals surface area contributed by atoms with Gasteiger partial charge >= 0.3 is 12.0 Å². The molecule has 0 bridgehead atoms. The number of nitrogens with one attached hydrogen (secondary N) is 3. The maximum absolute atomic E-state index is 13.6. The second kappa shape index (κ2) is 14.2. The van der Waals surface area contributed by atoms with E-state index in [1.165, 1.54) is 7.11 Å². The fourth-order valence-electron chi connectivity index (χ4n) is 4.58. The number of carbonyl (C=O) groups is 5. The van der Waals surface area contributed by atoms with E-state index in [0.717, 1.165) is 25.7 Å². The minimum absolute atomic E-state index is 0.270. The number of hydrogen-bond acceptors (Lipinski definition) is 7. The maximum Gasteiger partial charge on any atom is 0.328 e. The van der Waals surface area contributed by atoms with Crippen molar-refractivity contribution in [1.29, 1.82) is 0 Å². The largest absolute Gasteiger partial charge is 0.467 e. The molecule has 204 valence electrons. The Labute approximate surface area is 213 Å². The number of carbonyl (C=O) groups excluding carboxylic acids is 5. The van der Waals surface area contributed by atoms with Gasteiger partial charge in [0.15, 0.2) is 0 Å². The highest BCUT2D eigenvalue weighted by atomic mass is 16.5. The van der Waals surface area contributed by atoms with Gasteiger partial charge in [-0.05, 0) is 25.2 Å². The summed E-state index contributed by atoms with van der Waals surface area (Å²) in [6.07, 6.45) is 5.03. The van der Waals surface area contributed by atoms with Gasteiger partial charge in [-0.25, -0.2) is 9.59 Å². The van der Waals surface area contributed by atoms with Crippen molar-refractivity contribution in [3.63, 3.8) is 0 Å². The van der Waals surface area contributed by atoms with Crippen LogP contribution in [0.2, 0.25) is 0 Å². The van der Waals surface area contributed by atoms with Crippen molar-refractivity contribution in [2.75, 3.05) is 33.4 Å². The van der Waals surface area contributed by atoms with Crippen molar-refractivity contribution in [3.8, 4) is 0 Å². The Morgan fingerprint density at radius 1 is 1.00 bits per heavy atom. The predicted molar refractivity (Wildman–Crippen MR) is 132 cm³/mol. The second-order valence-electron chi connectivity index (χ2n) is 9.92. The molecule has 11 nitrogen and oxygen atoms in total. The minimum atomic E-state index is -1.15. The molecule has 2 unspecified atom stereocenters. The topological polar surface area (TPSA) is 143 Å².